The molecule has 0 saturated heterocycles. The van der Waals surface area contributed by atoms with Crippen LogP contribution in [-0.2, 0) is 0 Å². The van der Waals surface area contributed by atoms with Crippen LogP contribution < -0.4 is 0 Å². The van der Waals surface area contributed by atoms with Gasteiger partial charge >= 0.3 is 0 Å². The van der Waals surface area contributed by atoms with Crippen molar-refractivity contribution < 1.29 is 0 Å². The van der Waals surface area contributed by atoms with Gasteiger partial charge in [0.15, 0.2) is 5.69 Å². The van der Waals surface area contributed by atoms with E-state index in [2.05, 4.69) is 16.3 Å². The molecule has 0 unspecified atom stereocenters. The largest absolute Gasteiger partial charge is 0.191 e. The zero-order valence-electron chi connectivity index (χ0n) is 9.97. The van der Waals surface area contributed by atoms with E-state index in [-0.39, 0.29) is 0 Å². The number of fused-ring (bicyclic) bond motifs is 1. The molecule has 0 radical (unpaired) electrons. The molecule has 4 heteroatoms. The molecule has 3 rings (SSSR count). The van der Waals surface area contributed by atoms with Crippen molar-refractivity contribution in [1.82, 2.24) is 10.2 Å². The Balaban J connectivity index is 2.08. The molecule has 0 atom stereocenters. The van der Waals surface area contributed by atoms with Crippen molar-refractivity contribution in [2.45, 2.75) is 35.8 Å². The highest BCUT2D eigenvalue weighted by Gasteiger charge is 2.20. The third kappa shape index (κ3) is 2.06. The molecular formula is C14H13N3S. The number of benzene rings is 1. The predicted octanol–water partition coefficient (Wildman–Crippen LogP) is 3.54. The number of nitrogens with zero attached hydrogens (tertiary/aromatic N) is 3. The van der Waals surface area contributed by atoms with Gasteiger partial charge in [-0.25, -0.2) is 0 Å². The van der Waals surface area contributed by atoms with Gasteiger partial charge in [-0.05, 0) is 18.9 Å². The molecule has 90 valence electrons. The number of hydrogen-bond acceptors (Lipinski definition) is 4. The van der Waals surface area contributed by atoms with Crippen molar-refractivity contribution in [3.8, 4) is 6.07 Å². The molecule has 0 N–H and O–H groups in total. The first-order chi connectivity index (χ1) is 8.88. The van der Waals surface area contributed by atoms with Crippen LogP contribution >= 0.6 is 11.8 Å². The van der Waals surface area contributed by atoms with E-state index in [1.807, 2.05) is 24.3 Å². The first-order valence-electron chi connectivity index (χ1n) is 6.20. The molecule has 1 saturated carbocycles. The Morgan fingerprint density at radius 2 is 1.94 bits per heavy atom. The maximum Gasteiger partial charge on any atom is 0.177 e. The van der Waals surface area contributed by atoms with Crippen molar-refractivity contribution in [2.24, 2.45) is 0 Å². The van der Waals surface area contributed by atoms with Crippen LogP contribution in [0, 0.1) is 11.3 Å². The van der Waals surface area contributed by atoms with Crippen LogP contribution in [0.1, 0.15) is 31.4 Å². The van der Waals surface area contributed by atoms with Crippen LogP contribution in [0.15, 0.2) is 29.2 Å². The lowest BCUT2D eigenvalue weighted by atomic mass is 10.2. The molecule has 0 aliphatic heterocycles. The van der Waals surface area contributed by atoms with E-state index in [0.717, 1.165) is 15.8 Å². The van der Waals surface area contributed by atoms with Crippen molar-refractivity contribution >= 4 is 22.7 Å². The minimum atomic E-state index is 0.464. The van der Waals surface area contributed by atoms with Gasteiger partial charge < -0.3 is 0 Å². The molecule has 1 heterocycles. The first-order valence-corrected chi connectivity index (χ1v) is 7.08. The quantitative estimate of drug-likeness (QED) is 0.823. The number of hydrogen-bond donors (Lipinski definition) is 0. The van der Waals surface area contributed by atoms with E-state index in [1.165, 1.54) is 25.7 Å². The fourth-order valence-corrected chi connectivity index (χ4v) is 3.80. The SMILES string of the molecule is N#Cc1nnc2ccccc2c1SC1CCCC1. The maximum absolute atomic E-state index is 9.19. The molecule has 1 fully saturated rings. The molecule has 3 nitrogen and oxygen atoms in total. The van der Waals surface area contributed by atoms with Gasteiger partial charge in [0.2, 0.25) is 0 Å². The number of nitriles is 1. The van der Waals surface area contributed by atoms with Crippen molar-refractivity contribution in [1.29, 1.82) is 5.26 Å². The normalized spacial score (nSPS) is 15.9. The highest BCUT2D eigenvalue weighted by Crippen LogP contribution is 2.38. The minimum absolute atomic E-state index is 0.464. The van der Waals surface area contributed by atoms with Gasteiger partial charge in [0.05, 0.1) is 10.4 Å². The van der Waals surface area contributed by atoms with Crippen LogP contribution in [0.2, 0.25) is 0 Å². The fourth-order valence-electron chi connectivity index (χ4n) is 2.39. The van der Waals surface area contributed by atoms with E-state index in [1.54, 1.807) is 11.8 Å². The average Bonchev–Trinajstić information content (AvgIpc) is 2.92. The van der Waals surface area contributed by atoms with Crippen LogP contribution in [0.5, 0.6) is 0 Å². The van der Waals surface area contributed by atoms with E-state index in [4.69, 9.17) is 0 Å². The van der Waals surface area contributed by atoms with Gasteiger partial charge in [-0.1, -0.05) is 31.0 Å². The lowest BCUT2D eigenvalue weighted by Crippen LogP contribution is -1.99. The van der Waals surface area contributed by atoms with Crippen LogP contribution in [0.3, 0.4) is 0 Å². The summed E-state index contributed by atoms with van der Waals surface area (Å²) in [5, 5.41) is 19.0. The molecule has 1 aromatic heterocycles. The first kappa shape index (κ1) is 11.5. The van der Waals surface area contributed by atoms with Gasteiger partial charge in [-0.3, -0.25) is 0 Å². The average molecular weight is 255 g/mol. The fraction of sp³-hybridized carbons (Fsp3) is 0.357. The predicted molar refractivity (Wildman–Crippen MR) is 72.4 cm³/mol. The van der Waals surface area contributed by atoms with Crippen LogP contribution in [0.25, 0.3) is 10.9 Å². The van der Waals surface area contributed by atoms with Crippen LogP contribution in [-0.4, -0.2) is 15.4 Å². The molecule has 1 aromatic carbocycles. The van der Waals surface area contributed by atoms with E-state index < -0.39 is 0 Å². The Labute approximate surface area is 110 Å². The summed E-state index contributed by atoms with van der Waals surface area (Å²) in [5.74, 6) is 0. The number of thioether (sulfide) groups is 1. The van der Waals surface area contributed by atoms with E-state index in [9.17, 15) is 5.26 Å². The second kappa shape index (κ2) is 4.95. The summed E-state index contributed by atoms with van der Waals surface area (Å²) >= 11 is 1.81. The summed E-state index contributed by atoms with van der Waals surface area (Å²) in [5.41, 5.74) is 1.34. The van der Waals surface area contributed by atoms with Gasteiger partial charge in [-0.2, -0.15) is 5.26 Å². The Hall–Kier alpha value is -1.60. The van der Waals surface area contributed by atoms with Gasteiger partial charge in [0, 0.05) is 10.6 Å². The Morgan fingerprint density at radius 3 is 2.72 bits per heavy atom. The number of aromatic nitrogens is 2. The molecule has 1 aliphatic carbocycles. The monoisotopic (exact) mass is 255 g/mol. The second-order valence-corrected chi connectivity index (χ2v) is 5.84. The summed E-state index contributed by atoms with van der Waals surface area (Å²) in [6, 6.07) is 10.1. The third-order valence-electron chi connectivity index (χ3n) is 3.31. The second-order valence-electron chi connectivity index (χ2n) is 4.53. The van der Waals surface area contributed by atoms with Gasteiger partial charge in [0.25, 0.3) is 0 Å². The smallest absolute Gasteiger partial charge is 0.177 e. The zero-order chi connectivity index (χ0) is 12.4. The Kier molecular flexibility index (Phi) is 3.16. The standard InChI is InChI=1S/C14H13N3S/c15-9-13-14(18-10-5-1-2-6-10)11-7-3-4-8-12(11)16-17-13/h3-4,7-8,10H,1-2,5-6H2. The highest BCUT2D eigenvalue weighted by atomic mass is 32.2. The molecule has 2 aromatic rings. The minimum Gasteiger partial charge on any atom is -0.191 e. The Bertz CT molecular complexity index is 612. The molecule has 18 heavy (non-hydrogen) atoms. The van der Waals surface area contributed by atoms with Crippen LogP contribution in [0.4, 0.5) is 0 Å². The molecule has 1 aliphatic rings. The molecule has 0 spiro atoms. The van der Waals surface area contributed by atoms with Gasteiger partial charge in [-0.15, -0.1) is 22.0 Å². The van der Waals surface area contributed by atoms with Crippen molar-refractivity contribution in [2.75, 3.05) is 0 Å². The topological polar surface area (TPSA) is 49.6 Å². The lowest BCUT2D eigenvalue weighted by Gasteiger charge is -2.11. The molecule has 0 amide bonds. The summed E-state index contributed by atoms with van der Waals surface area (Å²) in [6.45, 7) is 0. The number of rotatable bonds is 2. The molecular weight excluding hydrogens is 242 g/mol. The summed E-state index contributed by atoms with van der Waals surface area (Å²) in [7, 11) is 0. The third-order valence-corrected chi connectivity index (χ3v) is 4.77. The summed E-state index contributed by atoms with van der Waals surface area (Å²) in [6.07, 6.45) is 5.09. The van der Waals surface area contributed by atoms with Gasteiger partial charge in [0.1, 0.15) is 6.07 Å². The van der Waals surface area contributed by atoms with E-state index in [0.29, 0.717) is 10.9 Å². The van der Waals surface area contributed by atoms with Crippen molar-refractivity contribution in [3.63, 3.8) is 0 Å². The zero-order valence-corrected chi connectivity index (χ0v) is 10.8. The summed E-state index contributed by atoms with van der Waals surface area (Å²) in [4.78, 5) is 1.01. The lowest BCUT2D eigenvalue weighted by molar-refractivity contribution is 0.886. The summed E-state index contributed by atoms with van der Waals surface area (Å²) < 4.78 is 0. The van der Waals surface area contributed by atoms with Crippen molar-refractivity contribution in [3.05, 3.63) is 30.0 Å². The highest BCUT2D eigenvalue weighted by molar-refractivity contribution is 8.00. The van der Waals surface area contributed by atoms with E-state index >= 15 is 0 Å². The molecule has 0 bridgehead atoms. The Morgan fingerprint density at radius 1 is 1.17 bits per heavy atom. The maximum atomic E-state index is 9.19.